The molecule has 2 atom stereocenters. The first-order valence-electron chi connectivity index (χ1n) is 10.3. The molecule has 0 aliphatic carbocycles. The number of hydrogen-bond donors (Lipinski definition) is 1. The Morgan fingerprint density at radius 3 is 2.83 bits per heavy atom. The molecule has 0 amide bonds. The lowest BCUT2D eigenvalue weighted by Crippen LogP contribution is -2.51. The number of benzene rings is 1. The molecule has 0 saturated carbocycles. The van der Waals surface area contributed by atoms with Gasteiger partial charge in [0.15, 0.2) is 11.1 Å². The van der Waals surface area contributed by atoms with E-state index in [2.05, 4.69) is 38.9 Å². The highest BCUT2D eigenvalue weighted by atomic mass is 35.5. The average molecular weight is 433 g/mol. The topological polar surface area (TPSA) is 61.0 Å². The molecular formula is C21H29ClN6S. The first kappa shape index (κ1) is 20.4. The Hall–Kier alpha value is -1.83. The minimum Gasteiger partial charge on any atom is -0.370 e. The number of nitrogens with two attached hydrogens (primary N) is 1. The van der Waals surface area contributed by atoms with Gasteiger partial charge in [-0.15, -0.1) is 11.3 Å². The Labute approximate surface area is 182 Å². The monoisotopic (exact) mass is 432 g/mol. The van der Waals surface area contributed by atoms with E-state index in [0.29, 0.717) is 17.9 Å². The fraction of sp³-hybridized carbons (Fsp3) is 0.524. The highest BCUT2D eigenvalue weighted by Gasteiger charge is 2.30. The van der Waals surface area contributed by atoms with Gasteiger partial charge in [0.2, 0.25) is 0 Å². The molecule has 8 heteroatoms. The zero-order chi connectivity index (χ0) is 20.2. The lowest BCUT2D eigenvalue weighted by molar-refractivity contribution is 0.125. The van der Waals surface area contributed by atoms with Crippen molar-refractivity contribution in [1.29, 1.82) is 0 Å². The number of rotatable bonds is 4. The summed E-state index contributed by atoms with van der Waals surface area (Å²) >= 11 is 7.95. The van der Waals surface area contributed by atoms with E-state index in [1.807, 2.05) is 23.7 Å². The number of halogens is 1. The summed E-state index contributed by atoms with van der Waals surface area (Å²) in [5.74, 6) is 1.12. The third-order valence-corrected chi connectivity index (χ3v) is 7.05. The van der Waals surface area contributed by atoms with Crippen molar-refractivity contribution in [3.05, 3.63) is 46.4 Å². The average Bonchev–Trinajstić information content (AvgIpc) is 3.27. The Balaban J connectivity index is 1.39. The highest BCUT2D eigenvalue weighted by molar-refractivity contribution is 7.13. The maximum Gasteiger partial charge on any atom is 0.191 e. The maximum absolute atomic E-state index is 6.38. The van der Waals surface area contributed by atoms with Crippen molar-refractivity contribution in [2.24, 2.45) is 16.6 Å². The molecule has 156 valence electrons. The third kappa shape index (κ3) is 4.85. The number of aliphatic imine (C=N–C) groups is 1. The van der Waals surface area contributed by atoms with Gasteiger partial charge in [-0.1, -0.05) is 23.7 Å². The molecule has 0 radical (unpaired) electrons. The van der Waals surface area contributed by atoms with Crippen molar-refractivity contribution < 1.29 is 0 Å². The number of aromatic nitrogens is 1. The number of thiazole rings is 1. The predicted octanol–water partition coefficient (Wildman–Crippen LogP) is 3.32. The number of nitrogens with zero attached hydrogens (tertiary/aromatic N) is 5. The van der Waals surface area contributed by atoms with Crippen LogP contribution in [-0.4, -0.2) is 67.1 Å². The van der Waals surface area contributed by atoms with E-state index >= 15 is 0 Å². The van der Waals surface area contributed by atoms with Crippen LogP contribution in [0.15, 0.2) is 40.8 Å². The molecule has 29 heavy (non-hydrogen) atoms. The Kier molecular flexibility index (Phi) is 6.57. The molecule has 6 nitrogen and oxygen atoms in total. The summed E-state index contributed by atoms with van der Waals surface area (Å²) < 4.78 is 0. The van der Waals surface area contributed by atoms with Crippen LogP contribution in [0.25, 0.3) is 0 Å². The SMILES string of the molecule is CN1CCCC(CN=C(N)N2CCN(c3nccs3)CC2)C1c1cccc(Cl)c1. The summed E-state index contributed by atoms with van der Waals surface area (Å²) in [6.45, 7) is 5.49. The van der Waals surface area contributed by atoms with Crippen LogP contribution in [0.2, 0.25) is 5.02 Å². The minimum atomic E-state index is 0.334. The molecule has 1 aromatic carbocycles. The first-order valence-corrected chi connectivity index (χ1v) is 11.5. The van der Waals surface area contributed by atoms with Crippen LogP contribution in [-0.2, 0) is 0 Å². The molecule has 0 bridgehead atoms. The van der Waals surface area contributed by atoms with Crippen molar-refractivity contribution in [3.8, 4) is 0 Å². The van der Waals surface area contributed by atoms with Gasteiger partial charge in [0.25, 0.3) is 0 Å². The van der Waals surface area contributed by atoms with Crippen LogP contribution in [0.4, 0.5) is 5.13 Å². The van der Waals surface area contributed by atoms with Gasteiger partial charge in [-0.05, 0) is 50.0 Å². The molecular weight excluding hydrogens is 404 g/mol. The van der Waals surface area contributed by atoms with Crippen LogP contribution < -0.4 is 10.6 Å². The van der Waals surface area contributed by atoms with Gasteiger partial charge in [0, 0.05) is 55.4 Å². The standard InChI is InChI=1S/C21H29ClN6S/c1-26-8-3-5-17(19(26)16-4-2-6-18(22)14-16)15-25-20(23)27-9-11-28(12-10-27)21-24-7-13-29-21/h2,4,6-7,13-14,17,19H,3,5,8-12,15H2,1H3,(H2,23,25). The van der Waals surface area contributed by atoms with Gasteiger partial charge in [-0.2, -0.15) is 0 Å². The third-order valence-electron chi connectivity index (χ3n) is 5.98. The Morgan fingerprint density at radius 1 is 1.28 bits per heavy atom. The summed E-state index contributed by atoms with van der Waals surface area (Å²) in [4.78, 5) is 16.2. The maximum atomic E-state index is 6.38. The van der Waals surface area contributed by atoms with Crippen LogP contribution in [0.3, 0.4) is 0 Å². The minimum absolute atomic E-state index is 0.334. The fourth-order valence-electron chi connectivity index (χ4n) is 4.48. The number of piperidine rings is 1. The van der Waals surface area contributed by atoms with Crippen molar-refractivity contribution in [2.75, 3.05) is 51.2 Å². The van der Waals surface area contributed by atoms with Crippen molar-refractivity contribution in [3.63, 3.8) is 0 Å². The van der Waals surface area contributed by atoms with Crippen LogP contribution >= 0.6 is 22.9 Å². The molecule has 1 aromatic heterocycles. The number of likely N-dealkylation sites (tertiary alicyclic amines) is 1. The second-order valence-electron chi connectivity index (χ2n) is 7.87. The van der Waals surface area contributed by atoms with Gasteiger partial charge in [-0.3, -0.25) is 9.89 Å². The zero-order valence-electron chi connectivity index (χ0n) is 16.9. The largest absolute Gasteiger partial charge is 0.370 e. The lowest BCUT2D eigenvalue weighted by Gasteiger charge is -2.39. The number of anilines is 1. The van der Waals surface area contributed by atoms with Gasteiger partial charge >= 0.3 is 0 Å². The molecule has 2 aliphatic rings. The van der Waals surface area contributed by atoms with E-state index in [9.17, 15) is 0 Å². The summed E-state index contributed by atoms with van der Waals surface area (Å²) in [6, 6.07) is 8.57. The molecule has 2 saturated heterocycles. The van der Waals surface area contributed by atoms with Crippen molar-refractivity contribution >= 4 is 34.0 Å². The molecule has 2 N–H and O–H groups in total. The highest BCUT2D eigenvalue weighted by Crippen LogP contribution is 2.36. The number of piperazine rings is 1. The van der Waals surface area contributed by atoms with Gasteiger partial charge in [-0.25, -0.2) is 4.98 Å². The molecule has 2 aromatic rings. The van der Waals surface area contributed by atoms with E-state index < -0.39 is 0 Å². The zero-order valence-corrected chi connectivity index (χ0v) is 18.4. The van der Waals surface area contributed by atoms with E-state index in [-0.39, 0.29) is 0 Å². The normalized spacial score (nSPS) is 24.1. The lowest BCUT2D eigenvalue weighted by atomic mass is 9.85. The second kappa shape index (κ2) is 9.32. The molecule has 3 heterocycles. The van der Waals surface area contributed by atoms with Gasteiger partial charge in [0.05, 0.1) is 0 Å². The quantitative estimate of drug-likeness (QED) is 0.593. The summed E-state index contributed by atoms with van der Waals surface area (Å²) in [6.07, 6.45) is 4.22. The van der Waals surface area contributed by atoms with E-state index in [1.54, 1.807) is 11.3 Å². The first-order chi connectivity index (χ1) is 14.1. The summed E-state index contributed by atoms with van der Waals surface area (Å²) in [5.41, 5.74) is 7.66. The van der Waals surface area contributed by atoms with Crippen LogP contribution in [0.5, 0.6) is 0 Å². The van der Waals surface area contributed by atoms with Crippen molar-refractivity contribution in [1.82, 2.24) is 14.8 Å². The predicted molar refractivity (Wildman–Crippen MR) is 122 cm³/mol. The van der Waals surface area contributed by atoms with Gasteiger partial charge in [0.1, 0.15) is 0 Å². The Bertz CT molecular complexity index is 818. The van der Waals surface area contributed by atoms with E-state index in [1.165, 1.54) is 12.0 Å². The van der Waals surface area contributed by atoms with Gasteiger partial charge < -0.3 is 15.5 Å². The molecule has 0 spiro atoms. The van der Waals surface area contributed by atoms with E-state index in [4.69, 9.17) is 22.3 Å². The summed E-state index contributed by atoms with van der Waals surface area (Å²) in [7, 11) is 2.20. The van der Waals surface area contributed by atoms with Crippen LogP contribution in [0.1, 0.15) is 24.4 Å². The molecule has 4 rings (SSSR count). The van der Waals surface area contributed by atoms with E-state index in [0.717, 1.165) is 55.8 Å². The Morgan fingerprint density at radius 2 is 2.10 bits per heavy atom. The molecule has 2 unspecified atom stereocenters. The summed E-state index contributed by atoms with van der Waals surface area (Å²) in [5, 5.41) is 3.91. The smallest absolute Gasteiger partial charge is 0.191 e. The number of hydrogen-bond acceptors (Lipinski definition) is 5. The van der Waals surface area contributed by atoms with Crippen LogP contribution in [0, 0.1) is 5.92 Å². The second-order valence-corrected chi connectivity index (χ2v) is 9.18. The number of guanidine groups is 1. The molecule has 2 aliphatic heterocycles. The fourth-order valence-corrected chi connectivity index (χ4v) is 5.37. The van der Waals surface area contributed by atoms with Crippen molar-refractivity contribution in [2.45, 2.75) is 18.9 Å². The molecule has 2 fully saturated rings.